The Balaban J connectivity index is 1.02. The summed E-state index contributed by atoms with van der Waals surface area (Å²) in [4.78, 5) is 22.6. The van der Waals surface area contributed by atoms with Crippen molar-refractivity contribution < 1.29 is 69.1 Å². The maximum absolute atomic E-state index is 13.0. The summed E-state index contributed by atoms with van der Waals surface area (Å²) in [6.45, 7) is 2.98. The molecule has 3 heterocycles. The number of nitrogens with one attached hydrogen (secondary N) is 1. The summed E-state index contributed by atoms with van der Waals surface area (Å²) in [7, 11) is 0. The molecule has 2 aromatic rings. The molecule has 2 saturated heterocycles. The summed E-state index contributed by atoms with van der Waals surface area (Å²) in [5.74, 6) is -0.502. The van der Waals surface area contributed by atoms with Gasteiger partial charge in [-0.25, -0.2) is 4.79 Å². The van der Waals surface area contributed by atoms with Gasteiger partial charge in [0.05, 0.1) is 46.9 Å². The zero-order chi connectivity index (χ0) is 43.6. The molecule has 0 unspecified atom stereocenters. The van der Waals surface area contributed by atoms with Gasteiger partial charge in [-0.3, -0.25) is 15.5 Å². The van der Waals surface area contributed by atoms with Gasteiger partial charge in [-0.1, -0.05) is 6.92 Å². The van der Waals surface area contributed by atoms with Crippen LogP contribution < -0.4 is 11.1 Å². The van der Waals surface area contributed by atoms with Crippen LogP contribution in [0.25, 0.3) is 0 Å². The lowest BCUT2D eigenvalue weighted by atomic mass is 9.41. The first-order chi connectivity index (χ1) is 28.9. The number of non-ortho nitro benzene ring substituents is 1. The van der Waals surface area contributed by atoms with Crippen LogP contribution in [0.3, 0.4) is 0 Å². The zero-order valence-corrected chi connectivity index (χ0v) is 34.0. The highest BCUT2D eigenvalue weighted by Crippen LogP contribution is 2.71. The number of nitro benzene ring substituents is 1. The molecule has 0 bridgehead atoms. The Bertz CT molecular complexity index is 1970. The average Bonchev–Trinajstić information content (AvgIpc) is 3.52. The molecule has 336 valence electrons. The summed E-state index contributed by atoms with van der Waals surface area (Å²) in [5.41, 5.74) is -0.217. The maximum Gasteiger partial charge on any atom is 0.335 e. The Morgan fingerprint density at radius 3 is 2.26 bits per heavy atom. The smallest absolute Gasteiger partial charge is 0.335 e. The Hall–Kier alpha value is -3.44. The molecule has 19 nitrogen and oxygen atoms in total. The number of rotatable bonds is 10. The van der Waals surface area contributed by atoms with Crippen molar-refractivity contribution in [1.29, 1.82) is 0 Å². The van der Waals surface area contributed by atoms with E-state index in [0.717, 1.165) is 5.56 Å². The van der Waals surface area contributed by atoms with Crippen LogP contribution in [0.4, 0.5) is 11.4 Å². The molecular formula is C42H57N3O16. The van der Waals surface area contributed by atoms with Gasteiger partial charge >= 0.3 is 5.63 Å². The van der Waals surface area contributed by atoms with Crippen LogP contribution >= 0.6 is 0 Å². The third-order valence-electron chi connectivity index (χ3n) is 15.4. The number of hydrogen-bond donors (Lipinski definition) is 9. The number of hydrogen-bond acceptors (Lipinski definition) is 18. The average molecular weight is 860 g/mol. The highest BCUT2D eigenvalue weighted by Gasteiger charge is 2.71. The molecule has 61 heavy (non-hydrogen) atoms. The highest BCUT2D eigenvalue weighted by molar-refractivity contribution is 5.71. The summed E-state index contributed by atoms with van der Waals surface area (Å²) >= 11 is 0. The number of benzene rings is 1. The Kier molecular flexibility index (Phi) is 12.0. The topological polar surface area (TPSA) is 296 Å². The molecule has 18 atom stereocenters. The zero-order valence-electron chi connectivity index (χ0n) is 34.0. The van der Waals surface area contributed by atoms with E-state index < -0.39 is 107 Å². The molecule has 4 aliphatic carbocycles. The van der Waals surface area contributed by atoms with Crippen molar-refractivity contribution in [2.75, 3.05) is 12.0 Å². The first-order valence-corrected chi connectivity index (χ1v) is 21.2. The molecule has 6 aliphatic rings. The van der Waals surface area contributed by atoms with Crippen molar-refractivity contribution in [3.05, 3.63) is 68.8 Å². The van der Waals surface area contributed by atoms with E-state index in [9.17, 15) is 55.8 Å². The first-order valence-electron chi connectivity index (χ1n) is 21.2. The van der Waals surface area contributed by atoms with Crippen molar-refractivity contribution in [3.8, 4) is 0 Å². The van der Waals surface area contributed by atoms with Gasteiger partial charge in [0.1, 0.15) is 42.7 Å². The molecule has 0 radical (unpaired) electrons. The molecule has 2 aliphatic heterocycles. The summed E-state index contributed by atoms with van der Waals surface area (Å²) in [6, 6.07) is 8.98. The molecule has 19 heteroatoms. The van der Waals surface area contributed by atoms with Crippen molar-refractivity contribution in [2.24, 2.45) is 27.8 Å². The molecule has 1 aromatic heterocycles. The number of anilines is 1. The van der Waals surface area contributed by atoms with Gasteiger partial charge in [-0.2, -0.15) is 5.10 Å². The third kappa shape index (κ3) is 7.43. The van der Waals surface area contributed by atoms with Crippen molar-refractivity contribution in [3.63, 3.8) is 0 Å². The standard InChI is InChI=1S/C42H57N3O16/c1-21-36(61-38-34(51)32(49)31(48)29(18-46)60-38)33(50)35(52)37(58-21)59-25-9-14-40(20-43-44-23-4-6-24(7-5-23)45(55)56)27-10-13-39(2)26(22-3-8-30(47)57-19-22)12-16-42(39,54)28(27)11-15-41(40,53)17-25/h3-8,19-21,25-29,31-38,44,46,48-54H,9-18H2,1-2H3/b43-20+/t21-,25-,26+,27-,28+,29+,31+,32-,33-,34+,35+,36-,37-,38-,39+,40-,41-,42-/m0/s1. The van der Waals surface area contributed by atoms with Crippen LogP contribution in [-0.4, -0.2) is 137 Å². The molecule has 9 N–H and O–H groups in total. The second kappa shape index (κ2) is 16.6. The number of fused-ring (bicyclic) bond motifs is 5. The van der Waals surface area contributed by atoms with E-state index in [1.807, 2.05) is 0 Å². The lowest BCUT2D eigenvalue weighted by Gasteiger charge is -2.66. The highest BCUT2D eigenvalue weighted by atomic mass is 16.7. The van der Waals surface area contributed by atoms with Crippen molar-refractivity contribution in [2.45, 2.75) is 156 Å². The second-order valence-corrected chi connectivity index (χ2v) is 18.3. The van der Waals surface area contributed by atoms with Gasteiger partial charge in [0.2, 0.25) is 0 Å². The van der Waals surface area contributed by atoms with E-state index in [4.69, 9.17) is 23.4 Å². The van der Waals surface area contributed by atoms with Crippen LogP contribution in [0.5, 0.6) is 0 Å². The predicted molar refractivity (Wildman–Crippen MR) is 212 cm³/mol. The second-order valence-electron chi connectivity index (χ2n) is 18.3. The Morgan fingerprint density at radius 1 is 0.869 bits per heavy atom. The number of hydrazone groups is 1. The van der Waals surface area contributed by atoms with E-state index in [0.29, 0.717) is 50.6 Å². The number of nitrogens with zero attached hydrogens (tertiary/aromatic N) is 2. The van der Waals surface area contributed by atoms with E-state index >= 15 is 0 Å². The van der Waals surface area contributed by atoms with E-state index in [-0.39, 0.29) is 36.3 Å². The number of aliphatic hydroxyl groups excluding tert-OH is 6. The Labute approximate surface area is 351 Å². The van der Waals surface area contributed by atoms with Gasteiger partial charge < -0.3 is 64.2 Å². The molecular weight excluding hydrogens is 802 g/mol. The Morgan fingerprint density at radius 2 is 1.57 bits per heavy atom. The van der Waals surface area contributed by atoms with E-state index in [1.165, 1.54) is 36.6 Å². The molecule has 6 fully saturated rings. The van der Waals surface area contributed by atoms with Crippen LogP contribution in [0.1, 0.15) is 83.1 Å². The minimum absolute atomic E-state index is 0.0527. The van der Waals surface area contributed by atoms with Crippen LogP contribution in [0.15, 0.2) is 57.0 Å². The van der Waals surface area contributed by atoms with Crippen LogP contribution in [0.2, 0.25) is 0 Å². The molecule has 4 saturated carbocycles. The van der Waals surface area contributed by atoms with Crippen LogP contribution in [-0.2, 0) is 18.9 Å². The van der Waals surface area contributed by atoms with Gasteiger partial charge in [-0.15, -0.1) is 0 Å². The fourth-order valence-corrected chi connectivity index (χ4v) is 12.1. The van der Waals surface area contributed by atoms with Crippen molar-refractivity contribution >= 4 is 17.6 Å². The van der Waals surface area contributed by atoms with E-state index in [2.05, 4.69) is 17.5 Å². The van der Waals surface area contributed by atoms with Gasteiger partial charge in [0.15, 0.2) is 12.6 Å². The van der Waals surface area contributed by atoms with E-state index in [1.54, 1.807) is 19.2 Å². The minimum Gasteiger partial charge on any atom is -0.431 e. The van der Waals surface area contributed by atoms with Gasteiger partial charge in [0.25, 0.3) is 5.69 Å². The fraction of sp³-hybridized carbons (Fsp3) is 0.714. The lowest BCUT2D eigenvalue weighted by molar-refractivity contribution is -0.384. The lowest BCUT2D eigenvalue weighted by Crippen LogP contribution is -2.69. The first kappa shape index (κ1) is 44.2. The molecule has 8 rings (SSSR count). The molecule has 0 amide bonds. The molecule has 1 aromatic carbocycles. The summed E-state index contributed by atoms with van der Waals surface area (Å²) < 4.78 is 28.9. The quantitative estimate of drug-likeness (QED) is 0.0697. The van der Waals surface area contributed by atoms with Crippen molar-refractivity contribution in [1.82, 2.24) is 0 Å². The largest absolute Gasteiger partial charge is 0.431 e. The van der Waals surface area contributed by atoms with Gasteiger partial charge in [0, 0.05) is 41.7 Å². The van der Waals surface area contributed by atoms with Gasteiger partial charge in [-0.05, 0) is 99.8 Å². The number of nitro groups is 1. The van der Waals surface area contributed by atoms with Crippen LogP contribution in [0, 0.1) is 32.8 Å². The maximum atomic E-state index is 13.0. The SMILES string of the molecule is C[C@@H]1O[C@@H](O[C@H]2CC[C@]3(/C=N/Nc4ccc([N+](=O)[O-])cc4)[C@H]4CC[C@]5(C)[C@@H](c6ccc(=O)oc6)CC[C@]5(O)[C@@H]4CC[C@]3(O)C2)[C@H](O)[C@H](O)[C@H]1O[C@@H]1O[C@H](CO)[C@@H](O)[C@H](O)[C@H]1O. The predicted octanol–water partition coefficient (Wildman–Crippen LogP) is 1.02. The normalized spacial score (nSPS) is 46.1. The summed E-state index contributed by atoms with van der Waals surface area (Å²) in [6.07, 6.45) is -8.10. The number of ether oxygens (including phenoxy) is 4. The molecule has 0 spiro atoms. The fourth-order valence-electron chi connectivity index (χ4n) is 12.1. The third-order valence-corrected chi connectivity index (χ3v) is 15.4. The minimum atomic E-state index is -1.74. The number of aliphatic hydroxyl groups is 8. The monoisotopic (exact) mass is 859 g/mol. The summed E-state index contributed by atoms with van der Waals surface area (Å²) in [5, 5.41) is 105.